The van der Waals surface area contributed by atoms with Gasteiger partial charge in [-0.3, -0.25) is 9.59 Å². The monoisotopic (exact) mass is 394 g/mol. The van der Waals surface area contributed by atoms with Crippen LogP contribution >= 0.6 is 0 Å². The van der Waals surface area contributed by atoms with Gasteiger partial charge in [-0.1, -0.05) is 29.8 Å². The van der Waals surface area contributed by atoms with Gasteiger partial charge in [0.05, 0.1) is 20.8 Å². The Bertz CT molecular complexity index is 944. The zero-order valence-corrected chi connectivity index (χ0v) is 17.2. The minimum atomic E-state index is -0.850. The third kappa shape index (κ3) is 4.34. The van der Waals surface area contributed by atoms with Gasteiger partial charge in [0.15, 0.2) is 5.78 Å². The molecule has 2 aromatic carbocycles. The summed E-state index contributed by atoms with van der Waals surface area (Å²) >= 11 is 0. The summed E-state index contributed by atoms with van der Waals surface area (Å²) in [6, 6.07) is 13.4. The number of methoxy groups -OCH3 is 2. The van der Waals surface area contributed by atoms with E-state index < -0.39 is 11.9 Å². The molecule has 0 saturated carbocycles. The number of esters is 1. The number of hydrogen-bond acceptors (Lipinski definition) is 5. The second-order valence-electron chi connectivity index (χ2n) is 7.09. The highest BCUT2D eigenvalue weighted by atomic mass is 16.5. The molecule has 2 atom stereocenters. The number of ketones is 1. The highest BCUT2D eigenvalue weighted by molar-refractivity contribution is 6.11. The van der Waals surface area contributed by atoms with Crippen LogP contribution < -0.4 is 9.47 Å². The molecule has 0 bridgehead atoms. The lowest BCUT2D eigenvalue weighted by Crippen LogP contribution is -2.34. The first kappa shape index (κ1) is 20.6. The summed E-state index contributed by atoms with van der Waals surface area (Å²) in [6.45, 7) is 3.98. The Morgan fingerprint density at radius 3 is 2.55 bits per heavy atom. The number of ether oxygens (including phenoxy) is 3. The van der Waals surface area contributed by atoms with Gasteiger partial charge in [0.1, 0.15) is 17.4 Å². The fraction of sp³-hybridized carbons (Fsp3) is 0.333. The van der Waals surface area contributed by atoms with Crippen molar-refractivity contribution in [3.63, 3.8) is 0 Å². The van der Waals surface area contributed by atoms with E-state index >= 15 is 0 Å². The lowest BCUT2D eigenvalue weighted by molar-refractivity contribution is -0.151. The van der Waals surface area contributed by atoms with E-state index in [1.807, 2.05) is 49.4 Å². The number of carbonyl (C=O) groups excluding carboxylic acids is 2. The average molecular weight is 394 g/mol. The van der Waals surface area contributed by atoms with Crippen molar-refractivity contribution >= 4 is 17.3 Å². The molecule has 0 unspecified atom stereocenters. The molecule has 0 N–H and O–H groups in total. The molecular formula is C24H26O5. The highest BCUT2D eigenvalue weighted by Gasteiger charge is 2.40. The van der Waals surface area contributed by atoms with Gasteiger partial charge in [-0.15, -0.1) is 0 Å². The van der Waals surface area contributed by atoms with E-state index in [-0.39, 0.29) is 18.3 Å². The molecule has 152 valence electrons. The molecule has 29 heavy (non-hydrogen) atoms. The van der Waals surface area contributed by atoms with Crippen LogP contribution in [-0.2, 0) is 14.3 Å². The molecule has 1 aliphatic rings. The number of benzene rings is 2. The third-order valence-electron chi connectivity index (χ3n) is 5.23. The van der Waals surface area contributed by atoms with Crippen LogP contribution in [0.4, 0.5) is 0 Å². The summed E-state index contributed by atoms with van der Waals surface area (Å²) in [7, 11) is 3.19. The van der Waals surface area contributed by atoms with Gasteiger partial charge in [-0.25, -0.2) is 0 Å². The lowest BCUT2D eigenvalue weighted by atomic mass is 9.73. The van der Waals surface area contributed by atoms with Gasteiger partial charge in [0.25, 0.3) is 0 Å². The predicted molar refractivity (Wildman–Crippen MR) is 111 cm³/mol. The van der Waals surface area contributed by atoms with Gasteiger partial charge in [0, 0.05) is 11.5 Å². The van der Waals surface area contributed by atoms with Gasteiger partial charge in [0.2, 0.25) is 0 Å². The van der Waals surface area contributed by atoms with E-state index in [9.17, 15) is 9.59 Å². The van der Waals surface area contributed by atoms with E-state index in [2.05, 4.69) is 0 Å². The molecule has 5 nitrogen and oxygen atoms in total. The van der Waals surface area contributed by atoms with Crippen molar-refractivity contribution in [2.24, 2.45) is 5.92 Å². The van der Waals surface area contributed by atoms with Crippen LogP contribution in [0.3, 0.4) is 0 Å². The Hall–Kier alpha value is -3.08. The molecule has 3 rings (SSSR count). The van der Waals surface area contributed by atoms with Crippen molar-refractivity contribution in [3.05, 3.63) is 65.2 Å². The second-order valence-corrected chi connectivity index (χ2v) is 7.09. The number of aryl methyl sites for hydroxylation is 1. The van der Waals surface area contributed by atoms with E-state index in [1.54, 1.807) is 27.2 Å². The maximum Gasteiger partial charge on any atom is 0.317 e. The fourth-order valence-electron chi connectivity index (χ4n) is 3.85. The summed E-state index contributed by atoms with van der Waals surface area (Å²) in [5.74, 6) is -0.552. The van der Waals surface area contributed by atoms with E-state index in [4.69, 9.17) is 14.2 Å². The smallest absolute Gasteiger partial charge is 0.317 e. The normalized spacial score (nSPS) is 18.8. The fourth-order valence-corrected chi connectivity index (χ4v) is 3.85. The van der Waals surface area contributed by atoms with Crippen LogP contribution in [0.5, 0.6) is 11.5 Å². The average Bonchev–Trinajstić information content (AvgIpc) is 2.72. The van der Waals surface area contributed by atoms with Crippen molar-refractivity contribution in [2.75, 3.05) is 20.8 Å². The van der Waals surface area contributed by atoms with Crippen molar-refractivity contribution in [2.45, 2.75) is 26.2 Å². The first-order valence-electron chi connectivity index (χ1n) is 9.68. The van der Waals surface area contributed by atoms with Crippen molar-refractivity contribution < 1.29 is 23.8 Å². The Balaban J connectivity index is 2.09. The third-order valence-corrected chi connectivity index (χ3v) is 5.23. The van der Waals surface area contributed by atoms with Crippen molar-refractivity contribution in [3.8, 4) is 11.5 Å². The first-order chi connectivity index (χ1) is 14.0. The van der Waals surface area contributed by atoms with Crippen LogP contribution in [-0.4, -0.2) is 32.6 Å². The van der Waals surface area contributed by atoms with Gasteiger partial charge in [-0.2, -0.15) is 0 Å². The highest BCUT2D eigenvalue weighted by Crippen LogP contribution is 2.43. The molecule has 0 saturated heterocycles. The molecule has 0 radical (unpaired) electrons. The van der Waals surface area contributed by atoms with Crippen LogP contribution in [0.25, 0.3) is 5.57 Å². The van der Waals surface area contributed by atoms with E-state index in [1.165, 1.54) is 0 Å². The van der Waals surface area contributed by atoms with Crippen molar-refractivity contribution in [1.29, 1.82) is 0 Å². The molecule has 0 spiro atoms. The van der Waals surface area contributed by atoms with Gasteiger partial charge in [-0.05, 0) is 55.7 Å². The minimum Gasteiger partial charge on any atom is -0.497 e. The second kappa shape index (κ2) is 8.95. The minimum absolute atomic E-state index is 0.240. The number of carbonyl (C=O) groups is 2. The number of hydrogen-bond donors (Lipinski definition) is 0. The topological polar surface area (TPSA) is 61.8 Å². The quantitative estimate of drug-likeness (QED) is 0.539. The zero-order chi connectivity index (χ0) is 21.0. The van der Waals surface area contributed by atoms with Crippen LogP contribution in [0.15, 0.2) is 48.5 Å². The maximum atomic E-state index is 13.1. The maximum absolute atomic E-state index is 13.1. The molecule has 0 aliphatic heterocycles. The summed E-state index contributed by atoms with van der Waals surface area (Å²) in [5, 5.41) is 0. The Labute approximate surface area is 171 Å². The molecule has 1 aliphatic carbocycles. The van der Waals surface area contributed by atoms with E-state index in [0.717, 1.165) is 22.3 Å². The van der Waals surface area contributed by atoms with Gasteiger partial charge < -0.3 is 14.2 Å². The molecular weight excluding hydrogens is 368 g/mol. The molecule has 2 aromatic rings. The van der Waals surface area contributed by atoms with Crippen LogP contribution in [0.1, 0.15) is 36.0 Å². The lowest BCUT2D eigenvalue weighted by Gasteiger charge is -2.30. The predicted octanol–water partition coefficient (Wildman–Crippen LogP) is 4.33. The Kier molecular flexibility index (Phi) is 6.37. The Morgan fingerprint density at radius 1 is 1.10 bits per heavy atom. The summed E-state index contributed by atoms with van der Waals surface area (Å²) in [4.78, 5) is 25.7. The molecule has 0 fully saturated rings. The molecule has 5 heteroatoms. The standard InChI is InChI=1S/C24H26O5/c1-5-29-24(26)23-20(16-8-6-7-15(2)11-16)12-17(13-21(23)25)19-14-18(27-3)9-10-22(19)28-4/h6-11,13-14,20,23H,5,12H2,1-4H3/t20-,23-/m0/s1. The number of rotatable bonds is 6. The largest absolute Gasteiger partial charge is 0.497 e. The van der Waals surface area contributed by atoms with Crippen LogP contribution in [0, 0.1) is 12.8 Å². The first-order valence-corrected chi connectivity index (χ1v) is 9.68. The Morgan fingerprint density at radius 2 is 1.90 bits per heavy atom. The van der Waals surface area contributed by atoms with E-state index in [0.29, 0.717) is 17.9 Å². The molecule has 0 aromatic heterocycles. The SMILES string of the molecule is CCOC(=O)[C@@H]1C(=O)C=C(c2cc(OC)ccc2OC)C[C@H]1c1cccc(C)c1. The number of allylic oxidation sites excluding steroid dienone is 2. The molecule has 0 amide bonds. The molecule has 0 heterocycles. The van der Waals surface area contributed by atoms with Gasteiger partial charge >= 0.3 is 5.97 Å². The summed E-state index contributed by atoms with van der Waals surface area (Å²) in [5.41, 5.74) is 3.63. The van der Waals surface area contributed by atoms with Crippen molar-refractivity contribution in [1.82, 2.24) is 0 Å². The summed E-state index contributed by atoms with van der Waals surface area (Å²) in [6.07, 6.45) is 2.06. The summed E-state index contributed by atoms with van der Waals surface area (Å²) < 4.78 is 16.1. The zero-order valence-electron chi connectivity index (χ0n) is 17.2. The van der Waals surface area contributed by atoms with Crippen LogP contribution in [0.2, 0.25) is 0 Å².